The third-order valence-electron chi connectivity index (χ3n) is 3.43. The Morgan fingerprint density at radius 3 is 2.33 bits per heavy atom. The van der Waals surface area contributed by atoms with Crippen LogP contribution in [0.25, 0.3) is 0 Å². The van der Waals surface area contributed by atoms with Crippen molar-refractivity contribution in [3.05, 3.63) is 24.3 Å². The minimum Gasteiger partial charge on any atom is -0.382 e. The summed E-state index contributed by atoms with van der Waals surface area (Å²) in [7, 11) is -0.238. The van der Waals surface area contributed by atoms with E-state index in [1.54, 1.807) is 12.1 Å². The molecule has 0 bridgehead atoms. The predicted molar refractivity (Wildman–Crippen MR) is 73.1 cm³/mol. The minimum absolute atomic E-state index is 0.334. The second-order valence-corrected chi connectivity index (χ2v) is 7.12. The molecule has 100 valence electrons. The molecule has 5 heteroatoms. The van der Waals surface area contributed by atoms with Crippen LogP contribution in [0.5, 0.6) is 0 Å². The van der Waals surface area contributed by atoms with Crippen molar-refractivity contribution in [1.29, 1.82) is 0 Å². The van der Waals surface area contributed by atoms with Crippen molar-refractivity contribution in [1.82, 2.24) is 4.31 Å². The number of nitrogens with zero attached hydrogens (tertiary/aromatic N) is 1. The van der Waals surface area contributed by atoms with Gasteiger partial charge in [-0.05, 0) is 36.6 Å². The summed E-state index contributed by atoms with van der Waals surface area (Å²) in [5.74, 6) is 0.773. The summed E-state index contributed by atoms with van der Waals surface area (Å²) < 4.78 is 25.0. The van der Waals surface area contributed by atoms with Gasteiger partial charge in [-0.2, -0.15) is 0 Å². The molecule has 2 atom stereocenters. The van der Waals surface area contributed by atoms with Crippen LogP contribution in [0.1, 0.15) is 19.8 Å². The number of benzene rings is 1. The Morgan fingerprint density at radius 2 is 1.89 bits per heavy atom. The molecular formula is C13H20N2O2S. The lowest BCUT2D eigenvalue weighted by molar-refractivity contribution is 0.521. The molecule has 0 radical (unpaired) electrons. The topological polar surface area (TPSA) is 49.4 Å². The van der Waals surface area contributed by atoms with Gasteiger partial charge in [-0.15, -0.1) is 0 Å². The Hall–Kier alpha value is -1.07. The van der Waals surface area contributed by atoms with E-state index >= 15 is 0 Å². The van der Waals surface area contributed by atoms with E-state index in [0.29, 0.717) is 10.9 Å². The summed E-state index contributed by atoms with van der Waals surface area (Å²) in [5, 5.41) is 3.42. The van der Waals surface area contributed by atoms with Crippen LogP contribution in [0.15, 0.2) is 29.2 Å². The van der Waals surface area contributed by atoms with E-state index in [4.69, 9.17) is 0 Å². The third kappa shape index (κ3) is 2.67. The standard InChI is InChI=1S/C13H20N2O2S/c1-4-10-9-13(10)14-11-5-7-12(8-6-11)18(16,17)15(2)3/h5-8,10,13-14H,4,9H2,1-3H3. The summed E-state index contributed by atoms with van der Waals surface area (Å²) in [6, 6.07) is 7.54. The molecule has 0 spiro atoms. The summed E-state index contributed by atoms with van der Waals surface area (Å²) in [6.07, 6.45) is 2.42. The van der Waals surface area contributed by atoms with Crippen molar-refractivity contribution in [3.63, 3.8) is 0 Å². The quantitative estimate of drug-likeness (QED) is 0.890. The highest BCUT2D eigenvalue weighted by Crippen LogP contribution is 2.36. The first-order valence-corrected chi connectivity index (χ1v) is 7.68. The first-order valence-electron chi connectivity index (χ1n) is 6.24. The smallest absolute Gasteiger partial charge is 0.242 e. The fourth-order valence-electron chi connectivity index (χ4n) is 2.02. The van der Waals surface area contributed by atoms with Crippen molar-refractivity contribution < 1.29 is 8.42 Å². The zero-order chi connectivity index (χ0) is 13.3. The van der Waals surface area contributed by atoms with Crippen molar-refractivity contribution in [2.24, 2.45) is 5.92 Å². The number of hydrogen-bond acceptors (Lipinski definition) is 3. The van der Waals surface area contributed by atoms with Crippen LogP contribution in [0.3, 0.4) is 0 Å². The molecular weight excluding hydrogens is 248 g/mol. The molecule has 18 heavy (non-hydrogen) atoms. The van der Waals surface area contributed by atoms with E-state index in [9.17, 15) is 8.42 Å². The summed E-state index contributed by atoms with van der Waals surface area (Å²) in [6.45, 7) is 2.19. The largest absolute Gasteiger partial charge is 0.382 e. The lowest BCUT2D eigenvalue weighted by Crippen LogP contribution is -2.22. The maximum absolute atomic E-state index is 11.9. The van der Waals surface area contributed by atoms with Crippen molar-refractivity contribution >= 4 is 15.7 Å². The van der Waals surface area contributed by atoms with Crippen LogP contribution in [-0.2, 0) is 10.0 Å². The monoisotopic (exact) mass is 268 g/mol. The zero-order valence-electron chi connectivity index (χ0n) is 11.1. The van der Waals surface area contributed by atoms with Crippen molar-refractivity contribution in [3.8, 4) is 0 Å². The maximum atomic E-state index is 11.9. The molecule has 1 aliphatic rings. The zero-order valence-corrected chi connectivity index (χ0v) is 11.9. The van der Waals surface area contributed by atoms with Crippen LogP contribution >= 0.6 is 0 Å². The van der Waals surface area contributed by atoms with E-state index in [1.807, 2.05) is 12.1 Å². The maximum Gasteiger partial charge on any atom is 0.242 e. The van der Waals surface area contributed by atoms with Crippen LogP contribution < -0.4 is 5.32 Å². The molecule has 1 aromatic rings. The van der Waals surface area contributed by atoms with Crippen LogP contribution in [0.2, 0.25) is 0 Å². The Bertz CT molecular complexity index is 508. The average Bonchev–Trinajstić information content (AvgIpc) is 3.08. The molecule has 2 rings (SSSR count). The number of anilines is 1. The van der Waals surface area contributed by atoms with Gasteiger partial charge >= 0.3 is 0 Å². The normalized spacial score (nSPS) is 23.1. The summed E-state index contributed by atoms with van der Waals surface area (Å²) in [5.41, 5.74) is 0.994. The first kappa shape index (κ1) is 13.4. The Morgan fingerprint density at radius 1 is 1.28 bits per heavy atom. The summed E-state index contributed by atoms with van der Waals surface area (Å²) >= 11 is 0. The molecule has 1 saturated carbocycles. The second-order valence-electron chi connectivity index (χ2n) is 4.97. The van der Waals surface area contributed by atoms with Crippen LogP contribution in [-0.4, -0.2) is 32.9 Å². The lowest BCUT2D eigenvalue weighted by atomic mass is 10.3. The third-order valence-corrected chi connectivity index (χ3v) is 5.26. The number of hydrogen-bond donors (Lipinski definition) is 1. The highest BCUT2D eigenvalue weighted by Gasteiger charge is 2.34. The fourth-order valence-corrected chi connectivity index (χ4v) is 2.93. The molecule has 0 amide bonds. The Balaban J connectivity index is 2.07. The Kier molecular flexibility index (Phi) is 3.64. The van der Waals surface area contributed by atoms with Gasteiger partial charge in [0, 0.05) is 25.8 Å². The molecule has 1 aromatic carbocycles. The van der Waals surface area contributed by atoms with Crippen molar-refractivity contribution in [2.45, 2.75) is 30.7 Å². The second kappa shape index (κ2) is 4.90. The van der Waals surface area contributed by atoms with E-state index in [0.717, 1.165) is 11.6 Å². The van der Waals surface area contributed by atoms with Gasteiger partial charge in [0.25, 0.3) is 0 Å². The first-order chi connectivity index (χ1) is 8.45. The Labute approximate surface area is 109 Å². The molecule has 2 unspecified atom stereocenters. The molecule has 0 aromatic heterocycles. The van der Waals surface area contributed by atoms with Gasteiger partial charge in [-0.1, -0.05) is 13.3 Å². The van der Waals surface area contributed by atoms with E-state index in [1.165, 1.54) is 31.2 Å². The van der Waals surface area contributed by atoms with Gasteiger partial charge in [-0.3, -0.25) is 0 Å². The number of rotatable bonds is 5. The molecule has 1 N–H and O–H groups in total. The number of nitrogens with one attached hydrogen (secondary N) is 1. The van der Waals surface area contributed by atoms with Gasteiger partial charge in [0.05, 0.1) is 4.90 Å². The SMILES string of the molecule is CCC1CC1Nc1ccc(S(=O)(=O)N(C)C)cc1. The van der Waals surface area contributed by atoms with E-state index < -0.39 is 10.0 Å². The van der Waals surface area contributed by atoms with Crippen LogP contribution in [0, 0.1) is 5.92 Å². The molecule has 1 aliphatic carbocycles. The molecule has 1 fully saturated rings. The van der Waals surface area contributed by atoms with Gasteiger partial charge < -0.3 is 5.32 Å². The van der Waals surface area contributed by atoms with Gasteiger partial charge in [0.1, 0.15) is 0 Å². The predicted octanol–water partition coefficient (Wildman–Crippen LogP) is 2.15. The fraction of sp³-hybridized carbons (Fsp3) is 0.538. The van der Waals surface area contributed by atoms with Gasteiger partial charge in [-0.25, -0.2) is 12.7 Å². The molecule has 4 nitrogen and oxygen atoms in total. The lowest BCUT2D eigenvalue weighted by Gasteiger charge is -2.12. The number of sulfonamides is 1. The highest BCUT2D eigenvalue weighted by molar-refractivity contribution is 7.89. The summed E-state index contributed by atoms with van der Waals surface area (Å²) in [4.78, 5) is 0.334. The van der Waals surface area contributed by atoms with Gasteiger partial charge in [0.15, 0.2) is 0 Å². The van der Waals surface area contributed by atoms with E-state index in [2.05, 4.69) is 12.2 Å². The van der Waals surface area contributed by atoms with E-state index in [-0.39, 0.29) is 0 Å². The van der Waals surface area contributed by atoms with Gasteiger partial charge in [0.2, 0.25) is 10.0 Å². The minimum atomic E-state index is -3.32. The molecule has 0 saturated heterocycles. The highest BCUT2D eigenvalue weighted by atomic mass is 32.2. The molecule has 0 heterocycles. The average molecular weight is 268 g/mol. The van der Waals surface area contributed by atoms with Crippen molar-refractivity contribution in [2.75, 3.05) is 19.4 Å². The molecule has 0 aliphatic heterocycles. The van der Waals surface area contributed by atoms with Crippen LogP contribution in [0.4, 0.5) is 5.69 Å².